The molecule has 1 saturated heterocycles. The zero-order chi connectivity index (χ0) is 23.4. The lowest BCUT2D eigenvalue weighted by Crippen LogP contribution is -2.28. The molecule has 0 aromatic heterocycles. The maximum Gasteiger partial charge on any atom is 0.311 e. The topological polar surface area (TPSA) is 128 Å². The molecule has 1 heterocycles. The molecule has 2 amide bonds. The standard InChI is InChI=1S/C20H17Cl2N3O7/c1-31-17-8-13(25(29)30)3-5-16(17)24-9-11(6-19(24)27)20(28)32-10-18(26)23-15-7-12(21)2-4-14(15)22/h2-5,7-8,11H,6,9-10H2,1H3,(H,23,26)/t11-/m1/s1. The van der Waals surface area contributed by atoms with Crippen LogP contribution in [0.15, 0.2) is 36.4 Å². The lowest BCUT2D eigenvalue weighted by molar-refractivity contribution is -0.384. The molecule has 0 spiro atoms. The minimum atomic E-state index is -0.815. The fraction of sp³-hybridized carbons (Fsp3) is 0.250. The first-order valence-corrected chi connectivity index (χ1v) is 9.99. The third-order valence-electron chi connectivity index (χ3n) is 4.67. The van der Waals surface area contributed by atoms with Crippen LogP contribution in [0.2, 0.25) is 10.0 Å². The Morgan fingerprint density at radius 3 is 2.69 bits per heavy atom. The molecule has 1 atom stereocenters. The van der Waals surface area contributed by atoms with Crippen molar-refractivity contribution in [2.24, 2.45) is 5.92 Å². The van der Waals surface area contributed by atoms with Gasteiger partial charge in [-0.25, -0.2) is 0 Å². The van der Waals surface area contributed by atoms with Gasteiger partial charge >= 0.3 is 5.97 Å². The van der Waals surface area contributed by atoms with Gasteiger partial charge < -0.3 is 19.7 Å². The number of non-ortho nitro benzene ring substituents is 1. The van der Waals surface area contributed by atoms with E-state index in [4.69, 9.17) is 32.7 Å². The van der Waals surface area contributed by atoms with Crippen LogP contribution in [0.25, 0.3) is 0 Å². The number of halogens is 2. The highest BCUT2D eigenvalue weighted by Gasteiger charge is 2.37. The Labute approximate surface area is 192 Å². The van der Waals surface area contributed by atoms with Crippen molar-refractivity contribution < 1.29 is 28.8 Å². The zero-order valence-corrected chi connectivity index (χ0v) is 18.2. The third-order valence-corrected chi connectivity index (χ3v) is 5.24. The SMILES string of the molecule is COc1cc([N+](=O)[O-])ccc1N1C[C@H](C(=O)OCC(=O)Nc2cc(Cl)ccc2Cl)CC1=O. The summed E-state index contributed by atoms with van der Waals surface area (Å²) >= 11 is 11.8. The van der Waals surface area contributed by atoms with Crippen molar-refractivity contribution in [3.8, 4) is 5.75 Å². The van der Waals surface area contributed by atoms with Gasteiger partial charge in [0, 0.05) is 24.1 Å². The van der Waals surface area contributed by atoms with Crippen LogP contribution in [0.4, 0.5) is 17.1 Å². The smallest absolute Gasteiger partial charge is 0.311 e. The highest BCUT2D eigenvalue weighted by Crippen LogP contribution is 2.36. The first kappa shape index (κ1) is 23.3. The lowest BCUT2D eigenvalue weighted by Gasteiger charge is -2.19. The summed E-state index contributed by atoms with van der Waals surface area (Å²) in [4.78, 5) is 48.6. The number of nitrogens with zero attached hydrogens (tertiary/aromatic N) is 2. The average Bonchev–Trinajstić information content (AvgIpc) is 3.15. The van der Waals surface area contributed by atoms with Gasteiger partial charge in [-0.05, 0) is 24.3 Å². The molecule has 1 fully saturated rings. The van der Waals surface area contributed by atoms with Gasteiger partial charge in [-0.15, -0.1) is 0 Å². The van der Waals surface area contributed by atoms with Gasteiger partial charge in [-0.3, -0.25) is 24.5 Å². The predicted molar refractivity (Wildman–Crippen MR) is 116 cm³/mol. The van der Waals surface area contributed by atoms with Crippen molar-refractivity contribution in [2.45, 2.75) is 6.42 Å². The van der Waals surface area contributed by atoms with Crippen LogP contribution >= 0.6 is 23.2 Å². The van der Waals surface area contributed by atoms with Crippen molar-refractivity contribution >= 4 is 58.0 Å². The normalized spacial score (nSPS) is 15.4. The number of amides is 2. The van der Waals surface area contributed by atoms with Gasteiger partial charge in [0.1, 0.15) is 5.75 Å². The number of anilines is 2. The van der Waals surface area contributed by atoms with Crippen LogP contribution in [0, 0.1) is 16.0 Å². The Morgan fingerprint density at radius 2 is 2.00 bits per heavy atom. The molecular weight excluding hydrogens is 465 g/mol. The van der Waals surface area contributed by atoms with E-state index in [2.05, 4.69) is 5.32 Å². The molecule has 2 aromatic carbocycles. The summed E-state index contributed by atoms with van der Waals surface area (Å²) in [5.74, 6) is -2.42. The Hall–Kier alpha value is -3.37. The number of methoxy groups -OCH3 is 1. The summed E-state index contributed by atoms with van der Waals surface area (Å²) in [7, 11) is 1.32. The Bertz CT molecular complexity index is 1090. The van der Waals surface area contributed by atoms with E-state index in [1.54, 1.807) is 6.07 Å². The number of ether oxygens (including phenoxy) is 2. The van der Waals surface area contributed by atoms with Gasteiger partial charge in [-0.2, -0.15) is 0 Å². The van der Waals surface area contributed by atoms with E-state index in [9.17, 15) is 24.5 Å². The van der Waals surface area contributed by atoms with Gasteiger partial charge in [0.05, 0.1) is 40.4 Å². The van der Waals surface area contributed by atoms with Crippen LogP contribution in [0.1, 0.15) is 6.42 Å². The third kappa shape index (κ3) is 5.27. The van der Waals surface area contributed by atoms with E-state index in [-0.39, 0.29) is 41.0 Å². The molecule has 10 nitrogen and oxygen atoms in total. The van der Waals surface area contributed by atoms with E-state index >= 15 is 0 Å². The fourth-order valence-electron chi connectivity index (χ4n) is 3.14. The number of carbonyl (C=O) groups excluding carboxylic acids is 3. The van der Waals surface area contributed by atoms with Crippen LogP contribution in [0.5, 0.6) is 5.75 Å². The van der Waals surface area contributed by atoms with Crippen LogP contribution < -0.4 is 15.0 Å². The summed E-state index contributed by atoms with van der Waals surface area (Å²) in [5, 5.41) is 14.1. The van der Waals surface area contributed by atoms with Gasteiger partial charge in [0.25, 0.3) is 11.6 Å². The molecule has 0 saturated carbocycles. The molecule has 1 N–H and O–H groups in total. The summed E-state index contributed by atoms with van der Waals surface area (Å²) in [6.45, 7) is -0.596. The molecule has 0 unspecified atom stereocenters. The molecule has 1 aliphatic rings. The maximum atomic E-state index is 12.4. The molecule has 0 radical (unpaired) electrons. The van der Waals surface area contributed by atoms with Crippen molar-refractivity contribution in [2.75, 3.05) is 30.5 Å². The largest absolute Gasteiger partial charge is 0.494 e. The second-order valence-electron chi connectivity index (χ2n) is 6.80. The van der Waals surface area contributed by atoms with E-state index < -0.39 is 29.3 Å². The number of nitro benzene ring substituents is 1. The minimum absolute atomic E-state index is 0.0203. The molecule has 0 bridgehead atoms. The summed E-state index contributed by atoms with van der Waals surface area (Å²) in [6.07, 6.45) is -0.138. The quantitative estimate of drug-likeness (QED) is 0.364. The van der Waals surface area contributed by atoms with Gasteiger partial charge in [0.2, 0.25) is 5.91 Å². The number of hydrogen-bond donors (Lipinski definition) is 1. The summed E-state index contributed by atoms with van der Waals surface area (Å²) < 4.78 is 10.2. The lowest BCUT2D eigenvalue weighted by atomic mass is 10.1. The number of rotatable bonds is 7. The number of nitro groups is 1. The van der Waals surface area contributed by atoms with Gasteiger partial charge in [0.15, 0.2) is 6.61 Å². The van der Waals surface area contributed by atoms with Crippen LogP contribution in [-0.2, 0) is 19.1 Å². The fourth-order valence-corrected chi connectivity index (χ4v) is 3.47. The van der Waals surface area contributed by atoms with Crippen molar-refractivity contribution in [1.82, 2.24) is 0 Å². The Kier molecular flexibility index (Phi) is 7.16. The monoisotopic (exact) mass is 481 g/mol. The number of carbonyl (C=O) groups is 3. The number of esters is 1. The molecular formula is C20H17Cl2N3O7. The molecule has 168 valence electrons. The number of nitrogens with one attached hydrogen (secondary N) is 1. The highest BCUT2D eigenvalue weighted by molar-refractivity contribution is 6.35. The molecule has 12 heteroatoms. The van der Waals surface area contributed by atoms with Crippen LogP contribution in [-0.4, -0.2) is 43.0 Å². The van der Waals surface area contributed by atoms with Crippen LogP contribution in [0.3, 0.4) is 0 Å². The first-order valence-electron chi connectivity index (χ1n) is 9.24. The number of benzene rings is 2. The molecule has 2 aromatic rings. The summed E-state index contributed by atoms with van der Waals surface area (Å²) in [6, 6.07) is 8.33. The van der Waals surface area contributed by atoms with Crippen molar-refractivity contribution in [3.05, 3.63) is 56.6 Å². The van der Waals surface area contributed by atoms with E-state index in [1.807, 2.05) is 0 Å². The van der Waals surface area contributed by atoms with Crippen molar-refractivity contribution in [3.63, 3.8) is 0 Å². The Morgan fingerprint density at radius 1 is 1.25 bits per heavy atom. The van der Waals surface area contributed by atoms with E-state index in [1.165, 1.54) is 42.3 Å². The molecule has 1 aliphatic heterocycles. The zero-order valence-electron chi connectivity index (χ0n) is 16.7. The molecule has 32 heavy (non-hydrogen) atoms. The highest BCUT2D eigenvalue weighted by atomic mass is 35.5. The van der Waals surface area contributed by atoms with E-state index in [0.717, 1.165) is 0 Å². The second kappa shape index (κ2) is 9.84. The van der Waals surface area contributed by atoms with E-state index in [0.29, 0.717) is 10.7 Å². The Balaban J connectivity index is 1.61. The molecule has 3 rings (SSSR count). The minimum Gasteiger partial charge on any atom is -0.494 e. The second-order valence-corrected chi connectivity index (χ2v) is 7.64. The molecule has 0 aliphatic carbocycles. The number of hydrogen-bond acceptors (Lipinski definition) is 7. The van der Waals surface area contributed by atoms with Crippen molar-refractivity contribution in [1.29, 1.82) is 0 Å². The van der Waals surface area contributed by atoms with Gasteiger partial charge in [-0.1, -0.05) is 23.2 Å². The first-order chi connectivity index (χ1) is 15.2. The maximum absolute atomic E-state index is 12.4. The average molecular weight is 482 g/mol. The summed E-state index contributed by atoms with van der Waals surface area (Å²) in [5.41, 5.74) is 0.374. The predicted octanol–water partition coefficient (Wildman–Crippen LogP) is 3.45.